The first-order valence-electron chi connectivity index (χ1n) is 8.09. The van der Waals surface area contributed by atoms with Crippen LogP contribution >= 0.6 is 0 Å². The molecule has 1 aliphatic rings. The zero-order valence-electron chi connectivity index (χ0n) is 14.3. The maximum absolute atomic E-state index is 13.0. The Morgan fingerprint density at radius 3 is 2.74 bits per heavy atom. The highest BCUT2D eigenvalue weighted by molar-refractivity contribution is 7.90. The Morgan fingerprint density at radius 1 is 1.30 bits per heavy atom. The van der Waals surface area contributed by atoms with Crippen molar-refractivity contribution in [1.82, 2.24) is 14.8 Å². The second-order valence-corrected chi connectivity index (χ2v) is 8.16. The van der Waals surface area contributed by atoms with Gasteiger partial charge in [-0.2, -0.15) is 18.2 Å². The maximum atomic E-state index is 13.0. The smallest absolute Gasteiger partial charge is 0.297 e. The predicted octanol–water partition coefficient (Wildman–Crippen LogP) is 2.51. The average Bonchev–Trinajstić information content (AvgIpc) is 3.03. The Balaban J connectivity index is 1.84. The number of hydrogen-bond acceptors (Lipinski definition) is 5. The van der Waals surface area contributed by atoms with Gasteiger partial charge >= 0.3 is 6.18 Å². The first-order valence-corrected chi connectivity index (χ1v) is 9.63. The van der Waals surface area contributed by atoms with E-state index in [0.29, 0.717) is 5.56 Å². The van der Waals surface area contributed by atoms with Crippen LogP contribution in [0.3, 0.4) is 0 Å². The van der Waals surface area contributed by atoms with Gasteiger partial charge in [-0.25, -0.2) is 13.1 Å². The molecule has 2 atom stereocenters. The van der Waals surface area contributed by atoms with Gasteiger partial charge in [0.25, 0.3) is 0 Å². The first kappa shape index (κ1) is 19.7. The zero-order valence-corrected chi connectivity index (χ0v) is 15.2. The topological polar surface area (TPSA) is 71.5 Å². The van der Waals surface area contributed by atoms with Crippen molar-refractivity contribution >= 4 is 10.0 Å². The van der Waals surface area contributed by atoms with Crippen LogP contribution in [0.15, 0.2) is 48.8 Å². The summed E-state index contributed by atoms with van der Waals surface area (Å²) in [4.78, 5) is 9.23. The van der Waals surface area contributed by atoms with Crippen molar-refractivity contribution in [3.63, 3.8) is 0 Å². The number of hydrogen-bond donors (Lipinski definition) is 1. The third-order valence-corrected chi connectivity index (χ3v) is 6.08. The highest BCUT2D eigenvalue weighted by Gasteiger charge is 2.43. The predicted molar refractivity (Wildman–Crippen MR) is 91.7 cm³/mol. The molecule has 2 heterocycles. The summed E-state index contributed by atoms with van der Waals surface area (Å²) in [5.41, 5.74) is 0.0605. The van der Waals surface area contributed by atoms with Gasteiger partial charge in [-0.05, 0) is 29.3 Å². The van der Waals surface area contributed by atoms with Crippen LogP contribution in [0.1, 0.15) is 22.7 Å². The van der Waals surface area contributed by atoms with E-state index in [2.05, 4.69) is 9.71 Å². The van der Waals surface area contributed by atoms with Gasteiger partial charge in [0.05, 0.1) is 18.2 Å². The molecule has 0 spiro atoms. The minimum absolute atomic E-state index is 0.0334. The molecule has 1 aromatic carbocycles. The Morgan fingerprint density at radius 2 is 2.07 bits per heavy atom. The molecule has 1 N–H and O–H groups in total. The molecular weight excluding hydrogens is 383 g/mol. The van der Waals surface area contributed by atoms with E-state index >= 15 is 0 Å². The van der Waals surface area contributed by atoms with Crippen LogP contribution in [0.5, 0.6) is 0 Å². The molecular formula is C17H18F3N3O3S. The molecule has 146 valence electrons. The van der Waals surface area contributed by atoms with Crippen molar-refractivity contribution in [3.05, 3.63) is 65.5 Å². The summed E-state index contributed by atoms with van der Waals surface area (Å²) in [7, 11) is -2.36. The molecule has 27 heavy (non-hydrogen) atoms. The highest BCUT2D eigenvalue weighted by atomic mass is 32.2. The van der Waals surface area contributed by atoms with E-state index in [0.717, 1.165) is 12.1 Å². The summed E-state index contributed by atoms with van der Waals surface area (Å²) in [6, 6.07) is 7.17. The summed E-state index contributed by atoms with van der Waals surface area (Å²) in [5, 5.41) is 0.228. The highest BCUT2D eigenvalue weighted by Crippen LogP contribution is 2.36. The van der Waals surface area contributed by atoms with Crippen LogP contribution in [0.2, 0.25) is 0 Å². The monoisotopic (exact) mass is 401 g/mol. The lowest BCUT2D eigenvalue weighted by Gasteiger charge is -2.24. The summed E-state index contributed by atoms with van der Waals surface area (Å²) in [6.07, 6.45) is -1.41. The number of halogens is 3. The number of pyridine rings is 1. The van der Waals surface area contributed by atoms with Crippen molar-refractivity contribution in [3.8, 4) is 0 Å². The largest absolute Gasteiger partial charge is 0.416 e. The molecule has 3 rings (SSSR count). The number of rotatable bonds is 5. The van der Waals surface area contributed by atoms with Crippen molar-refractivity contribution in [2.45, 2.75) is 24.0 Å². The fourth-order valence-electron chi connectivity index (χ4n) is 2.97. The lowest BCUT2D eigenvalue weighted by atomic mass is 10.0. The maximum Gasteiger partial charge on any atom is 0.416 e. The third kappa shape index (κ3) is 4.46. The van der Waals surface area contributed by atoms with Gasteiger partial charge < -0.3 is 0 Å². The molecule has 1 fully saturated rings. The normalized spacial score (nSPS) is 21.5. The van der Waals surface area contributed by atoms with Gasteiger partial charge in [-0.1, -0.05) is 18.2 Å². The molecule has 6 nitrogen and oxygen atoms in total. The van der Waals surface area contributed by atoms with E-state index in [1.165, 1.54) is 30.4 Å². The molecule has 2 unspecified atom stereocenters. The van der Waals surface area contributed by atoms with Crippen molar-refractivity contribution in [2.24, 2.45) is 0 Å². The second-order valence-electron chi connectivity index (χ2n) is 6.18. The van der Waals surface area contributed by atoms with Crippen LogP contribution in [-0.4, -0.2) is 37.4 Å². The van der Waals surface area contributed by atoms with Gasteiger partial charge in [-0.3, -0.25) is 9.82 Å². The molecule has 0 radical (unpaired) electrons. The molecule has 0 bridgehead atoms. The van der Waals surface area contributed by atoms with Gasteiger partial charge in [0.2, 0.25) is 10.0 Å². The Hall–Kier alpha value is -2.01. The molecule has 0 saturated carbocycles. The Kier molecular flexibility index (Phi) is 5.52. The van der Waals surface area contributed by atoms with Gasteiger partial charge in [0, 0.05) is 26.0 Å². The number of alkyl halides is 3. The molecule has 0 aliphatic carbocycles. The number of benzene rings is 1. The number of nitrogens with zero attached hydrogens (tertiary/aromatic N) is 2. The van der Waals surface area contributed by atoms with Crippen LogP contribution < -0.4 is 4.72 Å². The molecule has 1 saturated heterocycles. The summed E-state index contributed by atoms with van der Waals surface area (Å²) < 4.78 is 67.0. The number of aromatic nitrogens is 1. The van der Waals surface area contributed by atoms with Crippen LogP contribution in [0.4, 0.5) is 13.2 Å². The lowest BCUT2D eigenvalue weighted by Crippen LogP contribution is -2.39. The minimum Gasteiger partial charge on any atom is -0.297 e. The number of nitrogens with one attached hydrogen (secondary N) is 1. The van der Waals surface area contributed by atoms with Crippen LogP contribution in [0.25, 0.3) is 0 Å². The summed E-state index contributed by atoms with van der Waals surface area (Å²) >= 11 is 0. The summed E-state index contributed by atoms with van der Waals surface area (Å²) in [5.74, 6) is 0. The molecule has 0 amide bonds. The van der Waals surface area contributed by atoms with Crippen molar-refractivity contribution in [2.75, 3.05) is 13.7 Å². The average molecular weight is 401 g/mol. The lowest BCUT2D eigenvalue weighted by molar-refractivity contribution is -0.138. The Bertz CT molecular complexity index is 891. The van der Waals surface area contributed by atoms with E-state index in [1.807, 2.05) is 0 Å². The van der Waals surface area contributed by atoms with Gasteiger partial charge in [0.1, 0.15) is 5.25 Å². The van der Waals surface area contributed by atoms with Crippen LogP contribution in [-0.2, 0) is 27.6 Å². The van der Waals surface area contributed by atoms with E-state index in [4.69, 9.17) is 4.84 Å². The molecule has 10 heteroatoms. The molecule has 1 aliphatic heterocycles. The quantitative estimate of drug-likeness (QED) is 0.834. The molecule has 1 aromatic heterocycles. The number of sulfonamides is 1. The van der Waals surface area contributed by atoms with E-state index < -0.39 is 33.1 Å². The SMILES string of the molecule is CN1OCC(S(=O)(=O)NCc2cccnc2)C1c1cccc(C(F)(F)F)c1. The summed E-state index contributed by atoms with van der Waals surface area (Å²) in [6.45, 7) is -0.120. The second kappa shape index (κ2) is 7.55. The molecule has 2 aromatic rings. The fraction of sp³-hybridized carbons (Fsp3) is 0.353. The van der Waals surface area contributed by atoms with Crippen LogP contribution in [0, 0.1) is 0 Å². The third-order valence-electron chi connectivity index (χ3n) is 4.34. The van der Waals surface area contributed by atoms with Gasteiger partial charge in [0.15, 0.2) is 0 Å². The fourth-order valence-corrected chi connectivity index (χ4v) is 4.46. The van der Waals surface area contributed by atoms with Crippen molar-refractivity contribution in [1.29, 1.82) is 0 Å². The number of hydroxylamine groups is 2. The first-order chi connectivity index (χ1) is 12.7. The van der Waals surface area contributed by atoms with Crippen molar-refractivity contribution < 1.29 is 26.4 Å². The van der Waals surface area contributed by atoms with E-state index in [-0.39, 0.29) is 18.7 Å². The zero-order chi connectivity index (χ0) is 19.7. The van der Waals surface area contributed by atoms with E-state index in [1.54, 1.807) is 18.3 Å². The standard InChI is InChI=1S/C17H18F3N3O3S/c1-23-16(13-5-2-6-14(8-13)17(18,19)20)15(11-26-23)27(24,25)22-10-12-4-3-7-21-9-12/h2-9,15-16,22H,10-11H2,1H3. The Labute approximate surface area is 155 Å². The van der Waals surface area contributed by atoms with Gasteiger partial charge in [-0.15, -0.1) is 0 Å². The van der Waals surface area contributed by atoms with E-state index in [9.17, 15) is 21.6 Å². The minimum atomic E-state index is -4.51.